The number of carbonyl (C=O) groups excluding carboxylic acids is 1. The number of morpholine rings is 1. The number of para-hydroxylation sites is 2. The van der Waals surface area contributed by atoms with Crippen molar-refractivity contribution >= 4 is 40.0 Å². The van der Waals surface area contributed by atoms with Gasteiger partial charge in [-0.05, 0) is 36.2 Å². The zero-order valence-electron chi connectivity index (χ0n) is 22.8. The minimum Gasteiger partial charge on any atom is -0.497 e. The second-order valence-electron chi connectivity index (χ2n) is 9.45. The molecule has 1 aromatic heterocycles. The molecule has 1 aliphatic heterocycles. The van der Waals surface area contributed by atoms with E-state index in [9.17, 15) is 4.79 Å². The number of benzene rings is 3. The molecule has 1 fully saturated rings. The Morgan fingerprint density at radius 2 is 1.57 bits per heavy atom. The standard InChI is InChI=1S/C30H34N6O4/c1-38-24-17-23(18-25(19-24)39-2)33-30-29(34-26-8-3-4-9-27(26)35-30)31-11-10-21-6-5-7-22(16-21)32-28(37)20-36-12-14-40-15-13-36/h3-9,16-19H,10-15,20H2,1-2H3,(H,31,34)(H,32,37)(H,33,35). The number of aromatic nitrogens is 2. The molecule has 5 rings (SSSR count). The Morgan fingerprint density at radius 1 is 0.875 bits per heavy atom. The predicted octanol–water partition coefficient (Wildman–Crippen LogP) is 4.32. The summed E-state index contributed by atoms with van der Waals surface area (Å²) in [5.41, 5.74) is 4.23. The second-order valence-corrected chi connectivity index (χ2v) is 9.45. The van der Waals surface area contributed by atoms with Crippen LogP contribution in [0.5, 0.6) is 11.5 Å². The van der Waals surface area contributed by atoms with Crippen molar-refractivity contribution in [3.63, 3.8) is 0 Å². The maximum absolute atomic E-state index is 12.5. The molecule has 1 amide bonds. The van der Waals surface area contributed by atoms with Crippen LogP contribution in [-0.2, 0) is 16.0 Å². The highest BCUT2D eigenvalue weighted by Gasteiger charge is 2.15. The second kappa shape index (κ2) is 13.1. The van der Waals surface area contributed by atoms with E-state index in [1.165, 1.54) is 0 Å². The van der Waals surface area contributed by atoms with Gasteiger partial charge in [0.05, 0.1) is 45.0 Å². The number of ether oxygens (including phenoxy) is 3. The third-order valence-corrected chi connectivity index (χ3v) is 6.57. The van der Waals surface area contributed by atoms with Gasteiger partial charge in [-0.1, -0.05) is 24.3 Å². The number of carbonyl (C=O) groups is 1. The molecule has 1 saturated heterocycles. The fourth-order valence-electron chi connectivity index (χ4n) is 4.52. The first-order valence-corrected chi connectivity index (χ1v) is 13.3. The molecule has 2 heterocycles. The van der Waals surface area contributed by atoms with Crippen molar-refractivity contribution in [1.29, 1.82) is 0 Å². The molecule has 3 N–H and O–H groups in total. The van der Waals surface area contributed by atoms with Gasteiger partial charge < -0.3 is 30.2 Å². The Morgan fingerprint density at radius 3 is 2.27 bits per heavy atom. The lowest BCUT2D eigenvalue weighted by atomic mass is 10.1. The summed E-state index contributed by atoms with van der Waals surface area (Å²) >= 11 is 0. The van der Waals surface area contributed by atoms with Crippen molar-refractivity contribution in [2.24, 2.45) is 0 Å². The first kappa shape index (κ1) is 27.2. The van der Waals surface area contributed by atoms with Crippen molar-refractivity contribution in [3.8, 4) is 11.5 Å². The third-order valence-electron chi connectivity index (χ3n) is 6.57. The zero-order chi connectivity index (χ0) is 27.7. The number of hydrogen-bond acceptors (Lipinski definition) is 9. The van der Waals surface area contributed by atoms with E-state index in [1.807, 2.05) is 66.7 Å². The highest BCUT2D eigenvalue weighted by molar-refractivity contribution is 5.92. The van der Waals surface area contributed by atoms with Crippen LogP contribution in [0.25, 0.3) is 11.0 Å². The number of methoxy groups -OCH3 is 2. The van der Waals surface area contributed by atoms with Crippen molar-refractivity contribution in [1.82, 2.24) is 14.9 Å². The molecule has 0 radical (unpaired) electrons. The summed E-state index contributed by atoms with van der Waals surface area (Å²) in [7, 11) is 3.23. The minimum absolute atomic E-state index is 0.0199. The van der Waals surface area contributed by atoms with Crippen molar-refractivity contribution in [2.75, 3.05) is 69.6 Å². The first-order chi connectivity index (χ1) is 19.6. The SMILES string of the molecule is COc1cc(Nc2nc3ccccc3nc2NCCc2cccc(NC(=O)CN3CCOCC3)c2)cc(OC)c1. The van der Waals surface area contributed by atoms with Crippen molar-refractivity contribution in [3.05, 3.63) is 72.3 Å². The first-order valence-electron chi connectivity index (χ1n) is 13.3. The normalized spacial score (nSPS) is 13.6. The number of hydrogen-bond donors (Lipinski definition) is 3. The van der Waals surface area contributed by atoms with Crippen LogP contribution in [0, 0.1) is 0 Å². The molecule has 4 aromatic rings. The van der Waals surface area contributed by atoms with Gasteiger partial charge in [-0.3, -0.25) is 9.69 Å². The molecule has 40 heavy (non-hydrogen) atoms. The van der Waals surface area contributed by atoms with Gasteiger partial charge in [0.15, 0.2) is 11.6 Å². The van der Waals surface area contributed by atoms with Crippen LogP contribution in [0.3, 0.4) is 0 Å². The Hall–Kier alpha value is -4.41. The summed E-state index contributed by atoms with van der Waals surface area (Å²) in [5.74, 6) is 2.55. The molecule has 0 aliphatic carbocycles. The Kier molecular flexibility index (Phi) is 8.89. The molecule has 0 atom stereocenters. The lowest BCUT2D eigenvalue weighted by molar-refractivity contribution is -0.118. The molecule has 208 valence electrons. The summed E-state index contributed by atoms with van der Waals surface area (Å²) in [6.07, 6.45) is 0.730. The number of rotatable bonds is 11. The topological polar surface area (TPSA) is 110 Å². The summed E-state index contributed by atoms with van der Waals surface area (Å²) < 4.78 is 16.2. The van der Waals surface area contributed by atoms with Gasteiger partial charge in [0.25, 0.3) is 0 Å². The number of fused-ring (bicyclic) bond motifs is 1. The summed E-state index contributed by atoms with van der Waals surface area (Å²) in [4.78, 5) is 24.3. The fourth-order valence-corrected chi connectivity index (χ4v) is 4.52. The average molecular weight is 543 g/mol. The average Bonchev–Trinajstić information content (AvgIpc) is 2.97. The van der Waals surface area contributed by atoms with E-state index in [4.69, 9.17) is 24.2 Å². The van der Waals surface area contributed by atoms with Crippen LogP contribution >= 0.6 is 0 Å². The largest absolute Gasteiger partial charge is 0.497 e. The van der Waals surface area contributed by atoms with E-state index in [0.29, 0.717) is 49.4 Å². The van der Waals surface area contributed by atoms with Gasteiger partial charge in [-0.15, -0.1) is 0 Å². The molecule has 0 saturated carbocycles. The van der Waals surface area contributed by atoms with Crippen LogP contribution in [0.4, 0.5) is 23.0 Å². The fraction of sp³-hybridized carbons (Fsp3) is 0.300. The highest BCUT2D eigenvalue weighted by Crippen LogP contribution is 2.30. The van der Waals surface area contributed by atoms with Crippen LogP contribution in [-0.4, -0.2) is 74.4 Å². The van der Waals surface area contributed by atoms with E-state index in [-0.39, 0.29) is 5.91 Å². The maximum Gasteiger partial charge on any atom is 0.238 e. The smallest absolute Gasteiger partial charge is 0.238 e. The molecule has 10 heteroatoms. The van der Waals surface area contributed by atoms with E-state index in [2.05, 4.69) is 20.9 Å². The summed E-state index contributed by atoms with van der Waals surface area (Å²) in [5, 5.41) is 9.83. The summed E-state index contributed by atoms with van der Waals surface area (Å²) in [6.45, 7) is 3.88. The molecule has 3 aromatic carbocycles. The highest BCUT2D eigenvalue weighted by atomic mass is 16.5. The van der Waals surface area contributed by atoms with Gasteiger partial charge in [-0.25, -0.2) is 9.97 Å². The van der Waals surface area contributed by atoms with Gasteiger partial charge >= 0.3 is 0 Å². The van der Waals surface area contributed by atoms with Gasteiger partial charge in [0.2, 0.25) is 5.91 Å². The minimum atomic E-state index is -0.0199. The molecule has 0 bridgehead atoms. The number of amides is 1. The van der Waals surface area contributed by atoms with Crippen LogP contribution in [0.15, 0.2) is 66.7 Å². The molecule has 0 unspecified atom stereocenters. The van der Waals surface area contributed by atoms with Gasteiger partial charge in [0, 0.05) is 49.2 Å². The van der Waals surface area contributed by atoms with E-state index in [0.717, 1.165) is 47.5 Å². The monoisotopic (exact) mass is 542 g/mol. The third kappa shape index (κ3) is 7.16. The molecular formula is C30H34N6O4. The lowest BCUT2D eigenvalue weighted by Crippen LogP contribution is -2.41. The quantitative estimate of drug-likeness (QED) is 0.255. The number of nitrogens with one attached hydrogen (secondary N) is 3. The maximum atomic E-state index is 12.5. The predicted molar refractivity (Wildman–Crippen MR) is 157 cm³/mol. The lowest BCUT2D eigenvalue weighted by Gasteiger charge is -2.25. The zero-order valence-corrected chi connectivity index (χ0v) is 22.8. The summed E-state index contributed by atoms with van der Waals surface area (Å²) in [6, 6.07) is 21.2. The Balaban J connectivity index is 1.26. The van der Waals surface area contributed by atoms with E-state index < -0.39 is 0 Å². The number of anilines is 4. The van der Waals surface area contributed by atoms with Gasteiger partial charge in [-0.2, -0.15) is 0 Å². The Labute approximate surface area is 233 Å². The Bertz CT molecular complexity index is 1440. The van der Waals surface area contributed by atoms with Crippen LogP contribution < -0.4 is 25.4 Å². The molecule has 1 aliphatic rings. The van der Waals surface area contributed by atoms with Crippen molar-refractivity contribution in [2.45, 2.75) is 6.42 Å². The molecular weight excluding hydrogens is 508 g/mol. The number of nitrogens with zero attached hydrogens (tertiary/aromatic N) is 3. The van der Waals surface area contributed by atoms with Gasteiger partial charge in [0.1, 0.15) is 11.5 Å². The van der Waals surface area contributed by atoms with E-state index >= 15 is 0 Å². The van der Waals surface area contributed by atoms with Crippen molar-refractivity contribution < 1.29 is 19.0 Å². The molecule has 10 nitrogen and oxygen atoms in total. The van der Waals surface area contributed by atoms with Crippen LogP contribution in [0.2, 0.25) is 0 Å². The van der Waals surface area contributed by atoms with Crippen LogP contribution in [0.1, 0.15) is 5.56 Å². The van der Waals surface area contributed by atoms with E-state index in [1.54, 1.807) is 14.2 Å². The molecule has 0 spiro atoms.